The van der Waals surface area contributed by atoms with Gasteiger partial charge in [-0.1, -0.05) is 99.7 Å². The molecule has 1 saturated heterocycles. The lowest BCUT2D eigenvalue weighted by Gasteiger charge is -2.37. The molecule has 0 aromatic heterocycles. The summed E-state index contributed by atoms with van der Waals surface area (Å²) in [6.07, 6.45) is 10.2. The van der Waals surface area contributed by atoms with Gasteiger partial charge < -0.3 is 16.0 Å². The summed E-state index contributed by atoms with van der Waals surface area (Å²) in [5.41, 5.74) is 7.47. The maximum atomic E-state index is 13.2. The number of carbonyl (C=O) groups excluding carboxylic acids is 1. The van der Waals surface area contributed by atoms with Crippen LogP contribution in [0.15, 0.2) is 60.7 Å². The zero-order valence-electron chi connectivity index (χ0n) is 20.5. The minimum absolute atomic E-state index is 0.191. The lowest BCUT2D eigenvalue weighted by atomic mass is 9.64. The molecule has 3 N–H and O–H groups in total. The van der Waals surface area contributed by atoms with Crippen molar-refractivity contribution in [3.05, 3.63) is 71.8 Å². The first kappa shape index (κ1) is 25.5. The summed E-state index contributed by atoms with van der Waals surface area (Å²) in [6.45, 7) is 7.50. The minimum Gasteiger partial charge on any atom is -0.369 e. The van der Waals surface area contributed by atoms with E-state index in [4.69, 9.17) is 5.73 Å². The van der Waals surface area contributed by atoms with Gasteiger partial charge in [-0.15, -0.1) is 0 Å². The lowest BCUT2D eigenvalue weighted by molar-refractivity contribution is -0.123. The Balaban J connectivity index is 1.54. The van der Waals surface area contributed by atoms with Gasteiger partial charge in [0.15, 0.2) is 0 Å². The average Bonchev–Trinajstić information content (AvgIpc) is 3.31. The van der Waals surface area contributed by atoms with E-state index in [1.165, 1.54) is 44.9 Å². The Labute approximate surface area is 200 Å². The molecule has 4 heteroatoms. The van der Waals surface area contributed by atoms with E-state index in [2.05, 4.69) is 41.4 Å². The molecule has 180 valence electrons. The molecule has 33 heavy (non-hydrogen) atoms. The molecule has 1 heterocycles. The topological polar surface area (TPSA) is 58.4 Å². The number of hydrogen-bond acceptors (Lipinski definition) is 3. The molecule has 0 saturated carbocycles. The zero-order valence-corrected chi connectivity index (χ0v) is 20.5. The second-order valence-electron chi connectivity index (χ2n) is 9.52. The maximum Gasteiger partial charge on any atom is 0.232 e. The molecule has 1 aliphatic rings. The number of amides is 1. The molecule has 1 fully saturated rings. The molecule has 0 spiro atoms. The van der Waals surface area contributed by atoms with Crippen LogP contribution >= 0.6 is 0 Å². The standard InChI is InChI=1S/C29H43N3O/c1-2-31-21-14-6-4-3-5-7-15-22-32-23-20-27(24-32)29(28(30)33,25-16-10-8-11-17-25)26-18-12-9-13-19-26/h8-13,16-19,27,31H,2-7,14-15,20-24H2,1H3,(H2,30,33). The Morgan fingerprint density at radius 3 is 2.00 bits per heavy atom. The van der Waals surface area contributed by atoms with Crippen LogP contribution in [0.4, 0.5) is 0 Å². The van der Waals surface area contributed by atoms with Crippen molar-refractivity contribution in [2.45, 2.75) is 63.7 Å². The van der Waals surface area contributed by atoms with Crippen LogP contribution in [0.2, 0.25) is 0 Å². The highest BCUT2D eigenvalue weighted by Gasteiger charge is 2.49. The average molecular weight is 450 g/mol. The highest BCUT2D eigenvalue weighted by molar-refractivity contribution is 5.91. The van der Waals surface area contributed by atoms with Crippen LogP contribution in [0, 0.1) is 5.92 Å². The van der Waals surface area contributed by atoms with E-state index in [0.29, 0.717) is 0 Å². The Morgan fingerprint density at radius 2 is 1.45 bits per heavy atom. The summed E-state index contributed by atoms with van der Waals surface area (Å²) in [5.74, 6) is -0.0441. The Hall–Kier alpha value is -2.17. The van der Waals surface area contributed by atoms with Crippen molar-refractivity contribution in [2.75, 3.05) is 32.7 Å². The number of likely N-dealkylation sites (tertiary alicyclic amines) is 1. The van der Waals surface area contributed by atoms with Crippen molar-refractivity contribution in [3.8, 4) is 0 Å². The first-order valence-electron chi connectivity index (χ1n) is 13.0. The van der Waals surface area contributed by atoms with E-state index in [-0.39, 0.29) is 11.8 Å². The molecule has 0 radical (unpaired) electrons. The van der Waals surface area contributed by atoms with Gasteiger partial charge in [-0.05, 0) is 62.5 Å². The molecule has 4 nitrogen and oxygen atoms in total. The predicted octanol–water partition coefficient (Wildman–Crippen LogP) is 5.12. The number of hydrogen-bond donors (Lipinski definition) is 2. The van der Waals surface area contributed by atoms with Gasteiger partial charge in [-0.2, -0.15) is 0 Å². The third-order valence-electron chi connectivity index (χ3n) is 7.31. The Morgan fingerprint density at radius 1 is 0.909 bits per heavy atom. The fourth-order valence-electron chi connectivity index (χ4n) is 5.56. The van der Waals surface area contributed by atoms with Crippen molar-refractivity contribution in [1.82, 2.24) is 10.2 Å². The van der Waals surface area contributed by atoms with Crippen LogP contribution in [0.5, 0.6) is 0 Å². The van der Waals surface area contributed by atoms with Gasteiger partial charge in [-0.3, -0.25) is 4.79 Å². The third kappa shape index (κ3) is 6.68. The van der Waals surface area contributed by atoms with Crippen LogP contribution in [0.3, 0.4) is 0 Å². The molecule has 1 atom stereocenters. The molecule has 1 amide bonds. The van der Waals surface area contributed by atoms with Crippen LogP contribution < -0.4 is 11.1 Å². The molecule has 2 aromatic rings. The van der Waals surface area contributed by atoms with Gasteiger partial charge >= 0.3 is 0 Å². The van der Waals surface area contributed by atoms with Gasteiger partial charge in [0.1, 0.15) is 5.41 Å². The molecular formula is C29H43N3O. The van der Waals surface area contributed by atoms with Crippen LogP contribution in [-0.4, -0.2) is 43.5 Å². The number of unbranched alkanes of at least 4 members (excludes halogenated alkanes) is 6. The van der Waals surface area contributed by atoms with E-state index in [1.54, 1.807) is 0 Å². The predicted molar refractivity (Wildman–Crippen MR) is 138 cm³/mol. The molecule has 1 aliphatic heterocycles. The number of nitrogens with zero attached hydrogens (tertiary/aromatic N) is 1. The Kier molecular flexibility index (Phi) is 10.4. The van der Waals surface area contributed by atoms with E-state index >= 15 is 0 Å². The number of primary amides is 1. The van der Waals surface area contributed by atoms with Crippen molar-refractivity contribution in [3.63, 3.8) is 0 Å². The number of rotatable bonds is 15. The fraction of sp³-hybridized carbons (Fsp3) is 0.552. The zero-order chi connectivity index (χ0) is 23.4. The van der Waals surface area contributed by atoms with E-state index in [1.807, 2.05) is 36.4 Å². The first-order chi connectivity index (χ1) is 16.2. The SMILES string of the molecule is CCNCCCCCCCCCN1CCC(C(C(N)=O)(c2ccccc2)c2ccccc2)C1. The summed E-state index contributed by atoms with van der Waals surface area (Å²) in [4.78, 5) is 15.7. The molecule has 0 bridgehead atoms. The molecule has 1 unspecified atom stereocenters. The normalized spacial score (nSPS) is 16.8. The number of nitrogens with two attached hydrogens (primary N) is 1. The van der Waals surface area contributed by atoms with Gasteiger partial charge in [0.05, 0.1) is 0 Å². The van der Waals surface area contributed by atoms with Crippen LogP contribution in [0.25, 0.3) is 0 Å². The number of carbonyl (C=O) groups is 1. The second-order valence-corrected chi connectivity index (χ2v) is 9.52. The molecule has 0 aliphatic carbocycles. The fourth-order valence-corrected chi connectivity index (χ4v) is 5.56. The second kappa shape index (κ2) is 13.5. The van der Waals surface area contributed by atoms with E-state index in [0.717, 1.165) is 50.3 Å². The summed E-state index contributed by atoms with van der Waals surface area (Å²) in [6, 6.07) is 20.3. The maximum absolute atomic E-state index is 13.2. The number of nitrogens with one attached hydrogen (secondary N) is 1. The minimum atomic E-state index is -0.774. The van der Waals surface area contributed by atoms with Crippen molar-refractivity contribution in [2.24, 2.45) is 11.7 Å². The van der Waals surface area contributed by atoms with E-state index < -0.39 is 5.41 Å². The summed E-state index contributed by atoms with van der Waals surface area (Å²) in [7, 11) is 0. The van der Waals surface area contributed by atoms with Crippen LogP contribution in [0.1, 0.15) is 69.4 Å². The van der Waals surface area contributed by atoms with Gasteiger partial charge in [0.25, 0.3) is 0 Å². The molecular weight excluding hydrogens is 406 g/mol. The van der Waals surface area contributed by atoms with Gasteiger partial charge in [-0.25, -0.2) is 0 Å². The summed E-state index contributed by atoms with van der Waals surface area (Å²) >= 11 is 0. The lowest BCUT2D eigenvalue weighted by Crippen LogP contribution is -2.49. The smallest absolute Gasteiger partial charge is 0.232 e. The van der Waals surface area contributed by atoms with Gasteiger partial charge in [0, 0.05) is 6.54 Å². The summed E-state index contributed by atoms with van der Waals surface area (Å²) < 4.78 is 0. The van der Waals surface area contributed by atoms with Crippen LogP contribution in [-0.2, 0) is 10.2 Å². The first-order valence-corrected chi connectivity index (χ1v) is 13.0. The quantitative estimate of drug-likeness (QED) is 0.371. The van der Waals surface area contributed by atoms with Crippen molar-refractivity contribution < 1.29 is 4.79 Å². The summed E-state index contributed by atoms with van der Waals surface area (Å²) in [5, 5.41) is 3.40. The van der Waals surface area contributed by atoms with Crippen molar-refractivity contribution in [1.29, 1.82) is 0 Å². The molecule has 3 rings (SSSR count). The monoisotopic (exact) mass is 449 g/mol. The Bertz CT molecular complexity index is 769. The van der Waals surface area contributed by atoms with E-state index in [9.17, 15) is 4.79 Å². The van der Waals surface area contributed by atoms with Crippen molar-refractivity contribution >= 4 is 5.91 Å². The molecule has 2 aromatic carbocycles. The highest BCUT2D eigenvalue weighted by atomic mass is 16.1. The highest BCUT2D eigenvalue weighted by Crippen LogP contribution is 2.43. The van der Waals surface area contributed by atoms with Gasteiger partial charge in [0.2, 0.25) is 5.91 Å². The largest absolute Gasteiger partial charge is 0.369 e. The third-order valence-corrected chi connectivity index (χ3v) is 7.31. The number of benzene rings is 2.